The van der Waals surface area contributed by atoms with Crippen molar-refractivity contribution in [1.82, 2.24) is 0 Å². The Morgan fingerprint density at radius 3 is 2.71 bits per heavy atom. The van der Waals surface area contributed by atoms with Gasteiger partial charge in [0.2, 0.25) is 0 Å². The normalized spacial score (nSPS) is 18.2. The monoisotopic (exact) mass is 284 g/mol. The Bertz CT molecular complexity index is 597. The highest BCUT2D eigenvalue weighted by Gasteiger charge is 2.24. The smallest absolute Gasteiger partial charge is 0.125 e. The summed E-state index contributed by atoms with van der Waals surface area (Å²) in [5.41, 5.74) is 8.92. The molecule has 0 aliphatic carbocycles. The predicted octanol–water partition coefficient (Wildman–Crippen LogP) is 3.32. The number of benzene rings is 2. The minimum absolute atomic E-state index is 0.167. The molecule has 0 spiro atoms. The first-order chi connectivity index (χ1) is 10.3. The summed E-state index contributed by atoms with van der Waals surface area (Å²) in [5.74, 6) is 0.367. The van der Waals surface area contributed by atoms with E-state index in [2.05, 4.69) is 35.2 Å². The van der Waals surface area contributed by atoms with E-state index in [0.717, 1.165) is 37.2 Å². The van der Waals surface area contributed by atoms with Crippen molar-refractivity contribution in [2.24, 2.45) is 5.73 Å². The van der Waals surface area contributed by atoms with Crippen LogP contribution in [0, 0.1) is 5.82 Å². The summed E-state index contributed by atoms with van der Waals surface area (Å²) >= 11 is 0. The molecule has 1 fully saturated rings. The van der Waals surface area contributed by atoms with Gasteiger partial charge in [-0.1, -0.05) is 30.3 Å². The minimum Gasteiger partial charge on any atom is -0.371 e. The van der Waals surface area contributed by atoms with Gasteiger partial charge in [0.05, 0.1) is 0 Å². The van der Waals surface area contributed by atoms with Crippen molar-refractivity contribution in [1.29, 1.82) is 0 Å². The second-order valence-corrected chi connectivity index (χ2v) is 5.70. The maximum atomic E-state index is 13.8. The summed E-state index contributed by atoms with van der Waals surface area (Å²) in [5, 5.41) is 0. The molecule has 0 bridgehead atoms. The fourth-order valence-corrected chi connectivity index (χ4v) is 3.12. The van der Waals surface area contributed by atoms with Crippen molar-refractivity contribution in [3.05, 3.63) is 65.5 Å². The predicted molar refractivity (Wildman–Crippen MR) is 85.2 cm³/mol. The molecular formula is C18H21FN2. The number of nitrogens with zero attached hydrogens (tertiary/aromatic N) is 1. The van der Waals surface area contributed by atoms with Crippen molar-refractivity contribution < 1.29 is 4.39 Å². The van der Waals surface area contributed by atoms with E-state index in [1.807, 2.05) is 6.07 Å². The van der Waals surface area contributed by atoms with Gasteiger partial charge in [-0.15, -0.1) is 0 Å². The van der Waals surface area contributed by atoms with E-state index in [1.165, 1.54) is 5.56 Å². The molecule has 1 saturated heterocycles. The zero-order valence-electron chi connectivity index (χ0n) is 12.1. The maximum Gasteiger partial charge on any atom is 0.125 e. The third kappa shape index (κ3) is 3.24. The zero-order chi connectivity index (χ0) is 14.7. The third-order valence-corrected chi connectivity index (χ3v) is 4.20. The van der Waals surface area contributed by atoms with Crippen LogP contribution in [0.25, 0.3) is 0 Å². The molecule has 2 nitrogen and oxygen atoms in total. The lowest BCUT2D eigenvalue weighted by molar-refractivity contribution is 0.624. The van der Waals surface area contributed by atoms with Gasteiger partial charge in [-0.05, 0) is 48.7 Å². The molecule has 2 aromatic carbocycles. The van der Waals surface area contributed by atoms with Gasteiger partial charge in [0.25, 0.3) is 0 Å². The standard InChI is InChI=1S/C18H21FN2/c19-17-10-14(6-8-20)11-18(12-17)21-9-7-16(13-21)15-4-2-1-3-5-15/h1-5,10-12,16H,6-9,13,20H2. The van der Waals surface area contributed by atoms with Gasteiger partial charge >= 0.3 is 0 Å². The van der Waals surface area contributed by atoms with E-state index < -0.39 is 0 Å². The summed E-state index contributed by atoms with van der Waals surface area (Å²) < 4.78 is 13.8. The average molecular weight is 284 g/mol. The molecule has 1 heterocycles. The first-order valence-electron chi connectivity index (χ1n) is 7.55. The van der Waals surface area contributed by atoms with E-state index in [0.29, 0.717) is 12.5 Å². The second-order valence-electron chi connectivity index (χ2n) is 5.70. The first-order valence-corrected chi connectivity index (χ1v) is 7.55. The molecule has 2 N–H and O–H groups in total. The molecule has 0 aromatic heterocycles. The molecule has 1 unspecified atom stereocenters. The van der Waals surface area contributed by atoms with E-state index >= 15 is 0 Å². The molecule has 3 heteroatoms. The summed E-state index contributed by atoms with van der Waals surface area (Å²) in [6.07, 6.45) is 1.84. The van der Waals surface area contributed by atoms with Crippen molar-refractivity contribution in [2.75, 3.05) is 24.5 Å². The van der Waals surface area contributed by atoms with Crippen LogP contribution in [0.15, 0.2) is 48.5 Å². The van der Waals surface area contributed by atoms with Crippen LogP contribution in [0.1, 0.15) is 23.5 Å². The summed E-state index contributed by atoms with van der Waals surface area (Å²) in [6, 6.07) is 15.9. The third-order valence-electron chi connectivity index (χ3n) is 4.20. The highest BCUT2D eigenvalue weighted by molar-refractivity contribution is 5.51. The number of nitrogens with two attached hydrogens (primary N) is 1. The highest BCUT2D eigenvalue weighted by atomic mass is 19.1. The Kier molecular flexibility index (Phi) is 4.20. The van der Waals surface area contributed by atoms with Gasteiger partial charge in [-0.2, -0.15) is 0 Å². The largest absolute Gasteiger partial charge is 0.371 e. The van der Waals surface area contributed by atoms with Crippen molar-refractivity contribution in [2.45, 2.75) is 18.8 Å². The van der Waals surface area contributed by atoms with Gasteiger partial charge in [0.15, 0.2) is 0 Å². The van der Waals surface area contributed by atoms with Gasteiger partial charge in [-0.3, -0.25) is 0 Å². The van der Waals surface area contributed by atoms with Crippen molar-refractivity contribution >= 4 is 5.69 Å². The molecular weight excluding hydrogens is 263 g/mol. The molecule has 2 aromatic rings. The second kappa shape index (κ2) is 6.27. The SMILES string of the molecule is NCCc1cc(F)cc(N2CCC(c3ccccc3)C2)c1. The molecule has 0 radical (unpaired) electrons. The van der Waals surface area contributed by atoms with Crippen molar-refractivity contribution in [3.8, 4) is 0 Å². The summed E-state index contributed by atoms with van der Waals surface area (Å²) in [7, 11) is 0. The van der Waals surface area contributed by atoms with Gasteiger partial charge in [0, 0.05) is 24.7 Å². The lowest BCUT2D eigenvalue weighted by Crippen LogP contribution is -2.19. The molecule has 1 aliphatic rings. The van der Waals surface area contributed by atoms with Crippen molar-refractivity contribution in [3.63, 3.8) is 0 Å². The average Bonchev–Trinajstić information content (AvgIpc) is 2.98. The van der Waals surface area contributed by atoms with E-state index in [1.54, 1.807) is 12.1 Å². The first kappa shape index (κ1) is 14.1. The number of hydrogen-bond donors (Lipinski definition) is 1. The summed E-state index contributed by atoms with van der Waals surface area (Å²) in [6.45, 7) is 2.48. The topological polar surface area (TPSA) is 29.3 Å². The number of hydrogen-bond acceptors (Lipinski definition) is 2. The van der Waals surface area contributed by atoms with Crippen LogP contribution in [0.3, 0.4) is 0 Å². The van der Waals surface area contributed by atoms with Crippen LogP contribution in [0.5, 0.6) is 0 Å². The highest BCUT2D eigenvalue weighted by Crippen LogP contribution is 2.31. The Hall–Kier alpha value is -1.87. The number of halogens is 1. The lowest BCUT2D eigenvalue weighted by atomic mass is 9.99. The van der Waals surface area contributed by atoms with E-state index in [4.69, 9.17) is 5.73 Å². The molecule has 0 amide bonds. The van der Waals surface area contributed by atoms with Gasteiger partial charge in [-0.25, -0.2) is 4.39 Å². The Labute approximate surface area is 125 Å². The quantitative estimate of drug-likeness (QED) is 0.933. The number of rotatable bonds is 4. The van der Waals surface area contributed by atoms with Gasteiger partial charge in [0.1, 0.15) is 5.82 Å². The lowest BCUT2D eigenvalue weighted by Gasteiger charge is -2.20. The van der Waals surface area contributed by atoms with Crippen LogP contribution < -0.4 is 10.6 Å². The maximum absolute atomic E-state index is 13.8. The van der Waals surface area contributed by atoms with Crippen LogP contribution in [0.4, 0.5) is 10.1 Å². The minimum atomic E-state index is -0.167. The Morgan fingerprint density at radius 2 is 1.95 bits per heavy atom. The van der Waals surface area contributed by atoms with E-state index in [-0.39, 0.29) is 5.82 Å². The van der Waals surface area contributed by atoms with Crippen LogP contribution in [0.2, 0.25) is 0 Å². The zero-order valence-corrected chi connectivity index (χ0v) is 12.1. The number of anilines is 1. The Morgan fingerprint density at radius 1 is 1.14 bits per heavy atom. The molecule has 1 aliphatic heterocycles. The van der Waals surface area contributed by atoms with Gasteiger partial charge < -0.3 is 10.6 Å². The molecule has 1 atom stereocenters. The Balaban J connectivity index is 1.77. The van der Waals surface area contributed by atoms with Crippen LogP contribution in [-0.4, -0.2) is 19.6 Å². The fraction of sp³-hybridized carbons (Fsp3) is 0.333. The fourth-order valence-electron chi connectivity index (χ4n) is 3.12. The molecule has 110 valence electrons. The summed E-state index contributed by atoms with van der Waals surface area (Å²) in [4.78, 5) is 2.28. The van der Waals surface area contributed by atoms with Crippen LogP contribution in [-0.2, 0) is 6.42 Å². The molecule has 3 rings (SSSR count). The van der Waals surface area contributed by atoms with Crippen LogP contribution >= 0.6 is 0 Å². The molecule has 0 saturated carbocycles. The molecule has 21 heavy (non-hydrogen) atoms. The van der Waals surface area contributed by atoms with E-state index in [9.17, 15) is 4.39 Å².